The van der Waals surface area contributed by atoms with Gasteiger partial charge >= 0.3 is 0 Å². The fourth-order valence-electron chi connectivity index (χ4n) is 2.40. The molecule has 1 saturated carbocycles. The number of rotatable bonds is 3. The molecular weight excluding hydrogens is 200 g/mol. The Balaban J connectivity index is 1.97. The van der Waals surface area contributed by atoms with Crippen molar-refractivity contribution in [2.75, 3.05) is 5.32 Å². The topological polar surface area (TPSA) is 55.9 Å². The molecule has 90 valence electrons. The van der Waals surface area contributed by atoms with Gasteiger partial charge in [0.15, 0.2) is 0 Å². The van der Waals surface area contributed by atoms with E-state index in [1.807, 2.05) is 11.7 Å². The van der Waals surface area contributed by atoms with Crippen molar-refractivity contribution in [2.24, 2.45) is 12.8 Å². The van der Waals surface area contributed by atoms with Gasteiger partial charge in [-0.05, 0) is 32.1 Å². The average molecular weight is 222 g/mol. The standard InChI is InChI=1S/C12H22N4/c1-3-11-12(8-16(2)15-11)14-10-6-4-9(13)5-7-10/h8-10,14H,3-7,13H2,1-2H3. The highest BCUT2D eigenvalue weighted by Gasteiger charge is 2.19. The van der Waals surface area contributed by atoms with E-state index < -0.39 is 0 Å². The molecule has 3 N–H and O–H groups in total. The maximum Gasteiger partial charge on any atom is 0.0853 e. The molecule has 0 aliphatic heterocycles. The number of aromatic nitrogens is 2. The quantitative estimate of drug-likeness (QED) is 0.818. The van der Waals surface area contributed by atoms with Gasteiger partial charge in [0.25, 0.3) is 0 Å². The number of hydrogen-bond donors (Lipinski definition) is 2. The minimum absolute atomic E-state index is 0.414. The maximum atomic E-state index is 5.91. The summed E-state index contributed by atoms with van der Waals surface area (Å²) in [7, 11) is 1.97. The number of nitrogens with zero attached hydrogens (tertiary/aromatic N) is 2. The van der Waals surface area contributed by atoms with Crippen molar-refractivity contribution in [3.63, 3.8) is 0 Å². The molecule has 1 aromatic rings. The van der Waals surface area contributed by atoms with E-state index in [9.17, 15) is 0 Å². The molecule has 1 aromatic heterocycles. The van der Waals surface area contributed by atoms with Crippen LogP contribution in [0.3, 0.4) is 0 Å². The molecule has 0 unspecified atom stereocenters. The monoisotopic (exact) mass is 222 g/mol. The second kappa shape index (κ2) is 4.87. The molecular formula is C12H22N4. The Labute approximate surface area is 97.2 Å². The van der Waals surface area contributed by atoms with Crippen LogP contribution in [0, 0.1) is 0 Å². The minimum atomic E-state index is 0.414. The molecule has 2 rings (SSSR count). The van der Waals surface area contributed by atoms with E-state index in [0.29, 0.717) is 12.1 Å². The van der Waals surface area contributed by atoms with Gasteiger partial charge in [0.2, 0.25) is 0 Å². The molecule has 16 heavy (non-hydrogen) atoms. The first-order chi connectivity index (χ1) is 7.69. The lowest BCUT2D eigenvalue weighted by molar-refractivity contribution is 0.411. The molecule has 1 heterocycles. The molecule has 1 aliphatic carbocycles. The summed E-state index contributed by atoms with van der Waals surface area (Å²) in [5.41, 5.74) is 8.27. The van der Waals surface area contributed by atoms with Gasteiger partial charge in [-0.15, -0.1) is 0 Å². The SMILES string of the molecule is CCc1nn(C)cc1NC1CCC(N)CC1. The summed E-state index contributed by atoms with van der Waals surface area (Å²) >= 11 is 0. The van der Waals surface area contributed by atoms with Crippen molar-refractivity contribution in [1.29, 1.82) is 0 Å². The smallest absolute Gasteiger partial charge is 0.0853 e. The Bertz CT molecular complexity index is 337. The molecule has 4 nitrogen and oxygen atoms in total. The maximum absolute atomic E-state index is 5.91. The zero-order valence-electron chi connectivity index (χ0n) is 10.2. The van der Waals surface area contributed by atoms with Crippen LogP contribution in [0.1, 0.15) is 38.3 Å². The number of aryl methyl sites for hydroxylation is 2. The van der Waals surface area contributed by atoms with E-state index in [0.717, 1.165) is 25.0 Å². The van der Waals surface area contributed by atoms with Crippen molar-refractivity contribution in [2.45, 2.75) is 51.1 Å². The van der Waals surface area contributed by atoms with Gasteiger partial charge in [-0.25, -0.2) is 0 Å². The zero-order valence-corrected chi connectivity index (χ0v) is 10.2. The molecule has 0 spiro atoms. The Morgan fingerprint density at radius 1 is 1.44 bits per heavy atom. The van der Waals surface area contributed by atoms with Crippen molar-refractivity contribution in [3.05, 3.63) is 11.9 Å². The Hall–Kier alpha value is -1.03. The fraction of sp³-hybridized carbons (Fsp3) is 0.750. The van der Waals surface area contributed by atoms with E-state index in [-0.39, 0.29) is 0 Å². The molecule has 4 heteroatoms. The summed E-state index contributed by atoms with van der Waals surface area (Å²) in [4.78, 5) is 0. The van der Waals surface area contributed by atoms with Crippen LogP contribution in [0.15, 0.2) is 6.20 Å². The van der Waals surface area contributed by atoms with E-state index in [1.165, 1.54) is 18.5 Å². The third-order valence-electron chi connectivity index (χ3n) is 3.37. The van der Waals surface area contributed by atoms with E-state index in [2.05, 4.69) is 23.5 Å². The lowest BCUT2D eigenvalue weighted by atomic mass is 9.91. The van der Waals surface area contributed by atoms with Crippen LogP contribution >= 0.6 is 0 Å². The van der Waals surface area contributed by atoms with E-state index in [1.54, 1.807) is 0 Å². The Morgan fingerprint density at radius 2 is 2.12 bits per heavy atom. The number of anilines is 1. The molecule has 0 bridgehead atoms. The van der Waals surface area contributed by atoms with Crippen molar-refractivity contribution in [3.8, 4) is 0 Å². The minimum Gasteiger partial charge on any atom is -0.380 e. The van der Waals surface area contributed by atoms with Gasteiger partial charge in [-0.2, -0.15) is 5.10 Å². The van der Waals surface area contributed by atoms with Gasteiger partial charge < -0.3 is 11.1 Å². The highest BCUT2D eigenvalue weighted by atomic mass is 15.3. The molecule has 0 atom stereocenters. The van der Waals surface area contributed by atoms with Gasteiger partial charge in [-0.3, -0.25) is 4.68 Å². The summed E-state index contributed by atoms with van der Waals surface area (Å²) < 4.78 is 1.88. The third-order valence-corrected chi connectivity index (χ3v) is 3.37. The predicted octanol–water partition coefficient (Wildman–Crippen LogP) is 1.66. The highest BCUT2D eigenvalue weighted by molar-refractivity contribution is 5.47. The summed E-state index contributed by atoms with van der Waals surface area (Å²) in [6.07, 6.45) is 7.69. The number of nitrogens with one attached hydrogen (secondary N) is 1. The fourth-order valence-corrected chi connectivity index (χ4v) is 2.40. The van der Waals surface area contributed by atoms with Crippen LogP contribution in [-0.2, 0) is 13.5 Å². The van der Waals surface area contributed by atoms with Crippen LogP contribution in [0.4, 0.5) is 5.69 Å². The van der Waals surface area contributed by atoms with Gasteiger partial charge in [0, 0.05) is 25.3 Å². The first kappa shape index (κ1) is 11.5. The molecule has 0 amide bonds. The van der Waals surface area contributed by atoms with Gasteiger partial charge in [0.05, 0.1) is 11.4 Å². The molecule has 0 saturated heterocycles. The van der Waals surface area contributed by atoms with Gasteiger partial charge in [0.1, 0.15) is 0 Å². The molecule has 0 radical (unpaired) electrons. The van der Waals surface area contributed by atoms with Crippen LogP contribution in [0.25, 0.3) is 0 Å². The van der Waals surface area contributed by atoms with Crippen LogP contribution in [0.5, 0.6) is 0 Å². The van der Waals surface area contributed by atoms with Crippen molar-refractivity contribution in [1.82, 2.24) is 9.78 Å². The highest BCUT2D eigenvalue weighted by Crippen LogP contribution is 2.23. The summed E-state index contributed by atoms with van der Waals surface area (Å²) in [5.74, 6) is 0. The Kier molecular flexibility index (Phi) is 3.49. The first-order valence-electron chi connectivity index (χ1n) is 6.23. The summed E-state index contributed by atoms with van der Waals surface area (Å²) in [5, 5.41) is 8.04. The molecule has 0 aromatic carbocycles. The van der Waals surface area contributed by atoms with Crippen LogP contribution < -0.4 is 11.1 Å². The third kappa shape index (κ3) is 2.55. The number of nitrogens with two attached hydrogens (primary N) is 1. The second-order valence-electron chi connectivity index (χ2n) is 4.77. The lowest BCUT2D eigenvalue weighted by Crippen LogP contribution is -2.32. The largest absolute Gasteiger partial charge is 0.380 e. The van der Waals surface area contributed by atoms with Crippen LogP contribution in [0.2, 0.25) is 0 Å². The van der Waals surface area contributed by atoms with E-state index in [4.69, 9.17) is 5.73 Å². The molecule has 1 fully saturated rings. The van der Waals surface area contributed by atoms with E-state index >= 15 is 0 Å². The van der Waals surface area contributed by atoms with Gasteiger partial charge in [-0.1, -0.05) is 6.92 Å². The first-order valence-corrected chi connectivity index (χ1v) is 6.23. The second-order valence-corrected chi connectivity index (χ2v) is 4.77. The van der Waals surface area contributed by atoms with Crippen LogP contribution in [-0.4, -0.2) is 21.9 Å². The Morgan fingerprint density at radius 3 is 2.75 bits per heavy atom. The number of hydrogen-bond acceptors (Lipinski definition) is 3. The van der Waals surface area contributed by atoms with Crippen molar-refractivity contribution < 1.29 is 0 Å². The van der Waals surface area contributed by atoms with Crippen molar-refractivity contribution >= 4 is 5.69 Å². The molecule has 1 aliphatic rings. The predicted molar refractivity (Wildman–Crippen MR) is 66.4 cm³/mol. The lowest BCUT2D eigenvalue weighted by Gasteiger charge is -2.27. The summed E-state index contributed by atoms with van der Waals surface area (Å²) in [6.45, 7) is 2.14. The normalized spacial score (nSPS) is 25.7. The zero-order chi connectivity index (χ0) is 11.5. The average Bonchev–Trinajstić information content (AvgIpc) is 2.62. The summed E-state index contributed by atoms with van der Waals surface area (Å²) in [6, 6.07) is 0.992.